The summed E-state index contributed by atoms with van der Waals surface area (Å²) in [6.45, 7) is 78.4. The molecule has 12 rings (SSSR count). The van der Waals surface area contributed by atoms with Gasteiger partial charge in [-0.1, -0.05) is 399 Å². The van der Waals surface area contributed by atoms with Gasteiger partial charge in [-0.25, -0.2) is 0 Å². The van der Waals surface area contributed by atoms with Gasteiger partial charge in [-0.3, -0.25) is 15.0 Å². The molecule has 0 unspecified atom stereocenters. The fraction of sp³-hybridized carbons (Fsp3) is 0.361. The van der Waals surface area contributed by atoms with Crippen molar-refractivity contribution in [2.45, 2.75) is 270 Å². The fourth-order valence-corrected chi connectivity index (χ4v) is 7.48. The molecule has 3 nitrogen and oxygen atoms in total. The molecule has 0 saturated carbocycles. The van der Waals surface area contributed by atoms with Gasteiger partial charge in [0.05, 0.1) is 0 Å². The summed E-state index contributed by atoms with van der Waals surface area (Å²) in [6, 6.07) is 102. The number of hydrogen-bond acceptors (Lipinski definition) is 3. The first-order chi connectivity index (χ1) is 54.8. The molecule has 2 radical (unpaired) electrons. The topological polar surface area (TPSA) is 38.7 Å². The van der Waals surface area contributed by atoms with Gasteiger partial charge < -0.3 is 0 Å². The van der Waals surface area contributed by atoms with Crippen LogP contribution in [0.4, 0.5) is 0 Å². The molecule has 0 aliphatic carbocycles. The van der Waals surface area contributed by atoms with Crippen molar-refractivity contribution >= 4 is 0 Å². The number of aryl methyl sites for hydroxylation is 5. The minimum atomic E-state index is 0. The van der Waals surface area contributed by atoms with Crippen molar-refractivity contribution in [3.05, 3.63) is 356 Å². The summed E-state index contributed by atoms with van der Waals surface area (Å²) in [6.07, 6.45) is 10.9. The van der Waals surface area contributed by atoms with Crippen LogP contribution in [0, 0.1) is 58.9 Å². The van der Waals surface area contributed by atoms with Gasteiger partial charge >= 0.3 is 0 Å². The predicted molar refractivity (Wildman–Crippen MR) is 518 cm³/mol. The molecule has 3 heterocycles. The van der Waals surface area contributed by atoms with Gasteiger partial charge in [0.15, 0.2) is 0 Å². The van der Waals surface area contributed by atoms with Crippen LogP contribution < -0.4 is 0 Å². The Morgan fingerprint density at radius 3 is 0.805 bits per heavy atom. The summed E-state index contributed by atoms with van der Waals surface area (Å²) < 4.78 is 0. The Morgan fingerprint density at radius 2 is 0.487 bits per heavy atom. The first-order valence-corrected chi connectivity index (χ1v) is 42.6. The second-order valence-electron chi connectivity index (χ2n) is 17.7. The first kappa shape index (κ1) is 138. The van der Waals surface area contributed by atoms with Gasteiger partial charge in [0, 0.05) is 103 Å². The Kier molecular flexibility index (Phi) is 153. The van der Waals surface area contributed by atoms with Crippen LogP contribution in [-0.4, -0.2) is 15.0 Å². The van der Waals surface area contributed by atoms with Crippen molar-refractivity contribution in [3.63, 3.8) is 0 Å². The van der Waals surface area contributed by atoms with E-state index in [0.29, 0.717) is 0 Å². The van der Waals surface area contributed by atoms with E-state index in [-0.39, 0.29) is 65.4 Å². The minimum absolute atomic E-state index is 0. The maximum atomic E-state index is 4.00. The normalized spacial score (nSPS) is 7.46. The summed E-state index contributed by atoms with van der Waals surface area (Å²) in [7, 11) is 0. The Bertz CT molecular complexity index is 3160. The molecule has 624 valence electrons. The van der Waals surface area contributed by atoms with Crippen LogP contribution >= 0.6 is 0 Å². The van der Waals surface area contributed by atoms with Gasteiger partial charge in [-0.05, 0) is 102 Å². The molecule has 0 aliphatic rings. The molecule has 0 bridgehead atoms. The molecule has 0 N–H and O–H groups in total. The van der Waals surface area contributed by atoms with Gasteiger partial charge in [0.2, 0.25) is 0 Å². The standard InChI is InChI=1S/2C13H11.3C12H11N.2C6H5.17C2H6.2Y/c1-11-6-5-9-13(10-11)12-7-3-2-4-8-12;1-11-7-9-13(10-8-11)12-5-3-2-4-6-12;1-10-2-4-11(5-3-10)12-6-8-13-9-7-12;1-10-3-2-4-12(9-10)11-5-7-13-8-6-11;1-10-4-2-3-5-12(10)11-6-8-13-9-7-11;2*1-2-4-6-5-3-1;17*1-2;;/h2-5,7-10H,1H3;2-7,9-10H,1H3;3*2-9H,1H3;2*1-5H;17*1-2H3;;/q2*-1;;;;2*-1;;;;;;;;;;;;;;;;;;;. The van der Waals surface area contributed by atoms with E-state index in [1.54, 1.807) is 0 Å². The Balaban J connectivity index is -0.0000000796. The van der Waals surface area contributed by atoms with E-state index >= 15 is 0 Å². The van der Waals surface area contributed by atoms with Crippen molar-refractivity contribution < 1.29 is 65.4 Å². The molecular weight excluding hydrogens is 1520 g/mol. The van der Waals surface area contributed by atoms with E-state index in [1.807, 2.05) is 394 Å². The largest absolute Gasteiger partial charge is 0.265 e. The summed E-state index contributed by atoms with van der Waals surface area (Å²) in [4.78, 5) is 12.0. The first-order valence-electron chi connectivity index (χ1n) is 42.6. The van der Waals surface area contributed by atoms with Gasteiger partial charge in [-0.15, -0.1) is 11.1 Å². The van der Waals surface area contributed by atoms with Crippen LogP contribution in [0.3, 0.4) is 0 Å². The predicted octanol–water partition coefficient (Wildman–Crippen LogP) is 36.5. The number of pyridine rings is 3. The van der Waals surface area contributed by atoms with Crippen LogP contribution in [0.5, 0.6) is 0 Å². The van der Waals surface area contributed by atoms with Gasteiger partial charge in [0.25, 0.3) is 0 Å². The third-order valence-electron chi connectivity index (χ3n) is 11.6. The second-order valence-corrected chi connectivity index (χ2v) is 17.7. The third kappa shape index (κ3) is 82.4. The summed E-state index contributed by atoms with van der Waals surface area (Å²) in [5.74, 6) is 0. The Morgan fingerprint density at radius 1 is 0.195 bits per heavy atom. The summed E-state index contributed by atoms with van der Waals surface area (Å²) >= 11 is 0. The van der Waals surface area contributed by atoms with Crippen molar-refractivity contribution in [2.24, 2.45) is 0 Å². The molecule has 5 heteroatoms. The van der Waals surface area contributed by atoms with Gasteiger partial charge in [-0.2, -0.15) is 132 Å². The average Bonchev–Trinajstić information content (AvgIpc) is 0.829. The summed E-state index contributed by atoms with van der Waals surface area (Å²) in [5, 5.41) is 0. The van der Waals surface area contributed by atoms with Crippen molar-refractivity contribution in [2.75, 3.05) is 0 Å². The van der Waals surface area contributed by atoms with E-state index in [4.69, 9.17) is 0 Å². The van der Waals surface area contributed by atoms with Crippen molar-refractivity contribution in [1.29, 1.82) is 0 Å². The van der Waals surface area contributed by atoms with Crippen LogP contribution in [0.15, 0.2) is 304 Å². The van der Waals surface area contributed by atoms with Crippen LogP contribution in [0.25, 0.3) is 55.6 Å². The SMILES string of the molecule is CC.CC.CC.CC.CC.CC.CC.CC.CC.CC.CC.CC.CC.CC.CC.CC.CC.Cc1[c-]cc(-c2ccccc2)cc1.Cc1[c-]ccc(-c2ccccc2)c1.Cc1ccc(-c2ccncc2)cc1.Cc1cccc(-c2ccncc2)c1.Cc1ccccc1-c1ccncc1.[Y].[Y].[c-]1ccccc1.[c-]1ccccc1. The average molecular weight is 1690 g/mol. The zero-order valence-electron chi connectivity index (χ0n) is 79.9. The van der Waals surface area contributed by atoms with Crippen LogP contribution in [0.2, 0.25) is 0 Å². The number of hydrogen-bond donors (Lipinski definition) is 0. The van der Waals surface area contributed by atoms with Crippen molar-refractivity contribution in [1.82, 2.24) is 15.0 Å². The van der Waals surface area contributed by atoms with E-state index in [9.17, 15) is 0 Å². The van der Waals surface area contributed by atoms with Crippen molar-refractivity contribution in [3.8, 4) is 55.6 Å². The number of benzene rings is 9. The number of nitrogens with zero attached hydrogens (tertiary/aromatic N) is 3. The molecular formula is C108H167N3Y2-4. The molecule has 113 heavy (non-hydrogen) atoms. The maximum absolute atomic E-state index is 4.00. The molecule has 0 fully saturated rings. The van der Waals surface area contributed by atoms with Crippen LogP contribution in [-0.2, 0) is 65.4 Å². The van der Waals surface area contributed by atoms with Gasteiger partial charge in [0.1, 0.15) is 0 Å². The Hall–Kier alpha value is -7.36. The number of aromatic nitrogens is 3. The maximum Gasteiger partial charge on any atom is 0.0273 e. The molecule has 0 amide bonds. The fourth-order valence-electron chi connectivity index (χ4n) is 7.48. The molecule has 0 spiro atoms. The Labute approximate surface area is 755 Å². The summed E-state index contributed by atoms with van der Waals surface area (Å²) in [5.41, 5.74) is 18.7. The third-order valence-corrected chi connectivity index (χ3v) is 11.6. The minimum Gasteiger partial charge on any atom is -0.265 e. The second kappa shape index (κ2) is 125. The zero-order valence-corrected chi connectivity index (χ0v) is 85.5. The van der Waals surface area contributed by atoms with E-state index < -0.39 is 0 Å². The molecule has 12 aromatic rings. The van der Waals surface area contributed by atoms with E-state index in [2.05, 4.69) is 219 Å². The molecule has 9 aromatic carbocycles. The quantitative estimate of drug-likeness (QED) is 0.161. The van der Waals surface area contributed by atoms with Crippen LogP contribution in [0.1, 0.15) is 263 Å². The smallest absolute Gasteiger partial charge is 0.0273 e. The molecule has 3 aromatic heterocycles. The monoisotopic (exact) mass is 1680 g/mol. The molecule has 0 saturated heterocycles. The van der Waals surface area contributed by atoms with E-state index in [0.717, 1.165) is 0 Å². The molecule has 0 aliphatic heterocycles. The van der Waals surface area contributed by atoms with E-state index in [1.165, 1.54) is 83.5 Å². The number of rotatable bonds is 5. The molecule has 0 atom stereocenters. The zero-order chi connectivity index (χ0) is 88.0.